The molecule has 2 aliphatic heterocycles. The maximum atomic E-state index is 13.9. The molecule has 1 fully saturated rings. The second kappa shape index (κ2) is 17.6. The lowest BCUT2D eigenvalue weighted by Crippen LogP contribution is -2.47. The van der Waals surface area contributed by atoms with Gasteiger partial charge in [-0.2, -0.15) is 13.2 Å². The average Bonchev–Trinajstić information content (AvgIpc) is 3.21. The van der Waals surface area contributed by atoms with Crippen LogP contribution in [-0.4, -0.2) is 86.1 Å². The summed E-state index contributed by atoms with van der Waals surface area (Å²) in [6, 6.07) is 22.7. The van der Waals surface area contributed by atoms with Crippen molar-refractivity contribution < 1.29 is 30.0 Å². The maximum Gasteiger partial charge on any atom is 0.501 e. The number of nitrogens with zero attached hydrogens (tertiary/aromatic N) is 4. The van der Waals surface area contributed by atoms with Gasteiger partial charge < -0.3 is 5.32 Å². The smallest absolute Gasteiger partial charge is 0.381 e. The molecule has 3 heterocycles. The number of fused-ring (bicyclic) bond motifs is 1. The van der Waals surface area contributed by atoms with Crippen molar-refractivity contribution in [1.82, 2.24) is 19.8 Å². The Kier molecular flexibility index (Phi) is 12.8. The van der Waals surface area contributed by atoms with Gasteiger partial charge in [-0.1, -0.05) is 68.0 Å². The zero-order chi connectivity index (χ0) is 42.0. The van der Waals surface area contributed by atoms with Crippen LogP contribution in [0.5, 0.6) is 0 Å². The highest BCUT2D eigenvalue weighted by Gasteiger charge is 2.48. The van der Waals surface area contributed by atoms with Crippen molar-refractivity contribution in [3.8, 4) is 0 Å². The fourth-order valence-electron chi connectivity index (χ4n) is 8.31. The SMILES string of the molecule is C[C@H](CSc1ccccc1)Nc1ccc(S(=O)(=O)Nc2ncnc3c2CCN(C2CCN(CC4=C(c5ccccc5)CC(C)(C)CC4)CC2)C3)cc1S(=O)(=O)C(F)(F)F. The van der Waals surface area contributed by atoms with Crippen LogP contribution in [0.4, 0.5) is 24.7 Å². The average molecular weight is 869 g/mol. The molecule has 0 unspecified atom stereocenters. The van der Waals surface area contributed by atoms with Crippen LogP contribution < -0.4 is 10.0 Å². The Morgan fingerprint density at radius 2 is 1.61 bits per heavy atom. The van der Waals surface area contributed by atoms with E-state index in [1.54, 1.807) is 12.5 Å². The van der Waals surface area contributed by atoms with Crippen LogP contribution in [0.2, 0.25) is 0 Å². The van der Waals surface area contributed by atoms with Crippen LogP contribution in [-0.2, 0) is 32.8 Å². The van der Waals surface area contributed by atoms with Gasteiger partial charge in [0.05, 0.1) is 16.3 Å². The number of benzene rings is 3. The molecule has 59 heavy (non-hydrogen) atoms. The first kappa shape index (κ1) is 43.1. The Balaban J connectivity index is 1.02. The number of aromatic nitrogens is 2. The van der Waals surface area contributed by atoms with E-state index in [-0.39, 0.29) is 16.9 Å². The number of sulfonamides is 1. The van der Waals surface area contributed by atoms with E-state index in [0.29, 0.717) is 48.6 Å². The molecular weight excluding hydrogens is 818 g/mol. The van der Waals surface area contributed by atoms with E-state index < -0.39 is 41.2 Å². The molecule has 1 saturated heterocycles. The number of likely N-dealkylation sites (tertiary alicyclic amines) is 1. The Morgan fingerprint density at radius 3 is 2.31 bits per heavy atom. The number of piperidine rings is 1. The topological polar surface area (TPSA) is 125 Å². The van der Waals surface area contributed by atoms with Crippen LogP contribution in [0.25, 0.3) is 5.57 Å². The van der Waals surface area contributed by atoms with Gasteiger partial charge in [-0.15, -0.1) is 11.8 Å². The minimum atomic E-state index is -5.93. The summed E-state index contributed by atoms with van der Waals surface area (Å²) >= 11 is 1.44. The van der Waals surface area contributed by atoms with E-state index in [4.69, 9.17) is 0 Å². The number of rotatable bonds is 13. The second-order valence-electron chi connectivity index (χ2n) is 16.5. The quantitative estimate of drug-likeness (QED) is 0.126. The van der Waals surface area contributed by atoms with Crippen molar-refractivity contribution in [2.75, 3.05) is 42.0 Å². The Hall–Kier alpha value is -3.96. The molecule has 10 nitrogen and oxygen atoms in total. The monoisotopic (exact) mass is 868 g/mol. The molecule has 3 aliphatic rings. The number of hydrogen-bond acceptors (Lipinski definition) is 10. The van der Waals surface area contributed by atoms with E-state index in [1.807, 2.05) is 30.3 Å². The van der Waals surface area contributed by atoms with Crippen molar-refractivity contribution in [1.29, 1.82) is 0 Å². The van der Waals surface area contributed by atoms with Crippen molar-refractivity contribution in [2.45, 2.75) is 98.1 Å². The number of thioether (sulfide) groups is 1. The van der Waals surface area contributed by atoms with E-state index in [0.717, 1.165) is 62.3 Å². The molecule has 1 atom stereocenters. The highest BCUT2D eigenvalue weighted by Crippen LogP contribution is 2.43. The standard InChI is InChI=1S/C43H51F3N6O4S3/c1-30(28-57-34-12-8-5-9-13-34)49-38-15-14-35(24-40(38)58(53,54)43(44,45)46)59(55,56)50-41-36-19-23-52(27-39(36)47-29-48-41)33-17-21-51(22-18-33)26-32-16-20-42(2,3)25-37(32)31-10-6-4-7-11-31/h4-15,24,29-30,33,49H,16-23,25-28H2,1-3H3,(H,47,48,50)/t30-/m1/s1. The molecule has 1 aliphatic carbocycles. The van der Waals surface area contributed by atoms with Crippen molar-refractivity contribution in [3.05, 3.63) is 108 Å². The van der Waals surface area contributed by atoms with Crippen molar-refractivity contribution in [2.24, 2.45) is 5.41 Å². The largest absolute Gasteiger partial charge is 0.501 e. The first-order chi connectivity index (χ1) is 28.0. The van der Waals surface area contributed by atoms with Crippen LogP contribution in [0.15, 0.2) is 105 Å². The summed E-state index contributed by atoms with van der Waals surface area (Å²) in [6.45, 7) is 10.5. The summed E-state index contributed by atoms with van der Waals surface area (Å²) < 4.78 is 97.3. The van der Waals surface area contributed by atoms with Crippen LogP contribution >= 0.6 is 11.8 Å². The number of allylic oxidation sites excluding steroid dienone is 1. The van der Waals surface area contributed by atoms with Crippen LogP contribution in [0.3, 0.4) is 0 Å². The van der Waals surface area contributed by atoms with Gasteiger partial charge in [-0.05, 0) is 105 Å². The summed E-state index contributed by atoms with van der Waals surface area (Å²) in [5.74, 6) is 0.427. The lowest BCUT2D eigenvalue weighted by atomic mass is 9.72. The van der Waals surface area contributed by atoms with Crippen molar-refractivity contribution in [3.63, 3.8) is 0 Å². The number of anilines is 2. The van der Waals surface area contributed by atoms with E-state index in [2.05, 4.69) is 74.0 Å². The zero-order valence-electron chi connectivity index (χ0n) is 33.5. The number of nitrogens with one attached hydrogen (secondary N) is 2. The summed E-state index contributed by atoms with van der Waals surface area (Å²) in [4.78, 5) is 12.8. The van der Waals surface area contributed by atoms with Gasteiger partial charge in [0.2, 0.25) is 0 Å². The lowest BCUT2D eigenvalue weighted by Gasteiger charge is -2.41. The Bertz CT molecular complexity index is 2370. The lowest BCUT2D eigenvalue weighted by molar-refractivity contribution is -0.0435. The number of sulfone groups is 1. The Morgan fingerprint density at radius 1 is 0.915 bits per heavy atom. The van der Waals surface area contributed by atoms with Gasteiger partial charge in [0.15, 0.2) is 0 Å². The third-order valence-corrected chi connectivity index (χ3v) is 15.7. The van der Waals surface area contributed by atoms with E-state index in [1.165, 1.54) is 35.6 Å². The summed E-state index contributed by atoms with van der Waals surface area (Å²) in [6.07, 6.45) is 7.10. The van der Waals surface area contributed by atoms with E-state index in [9.17, 15) is 30.0 Å². The Labute approximate surface area is 350 Å². The predicted molar refractivity (Wildman–Crippen MR) is 227 cm³/mol. The van der Waals surface area contributed by atoms with Gasteiger partial charge in [0.25, 0.3) is 19.9 Å². The first-order valence-corrected chi connectivity index (χ1v) is 23.9. The summed E-state index contributed by atoms with van der Waals surface area (Å²) in [7, 11) is -10.5. The van der Waals surface area contributed by atoms with Crippen LogP contribution in [0, 0.1) is 5.41 Å². The fourth-order valence-corrected chi connectivity index (χ4v) is 11.3. The molecular formula is C43H51F3N6O4S3. The third kappa shape index (κ3) is 10.2. The number of alkyl halides is 3. The molecule has 0 radical (unpaired) electrons. The van der Waals surface area contributed by atoms with Gasteiger partial charge in [0, 0.05) is 47.9 Å². The summed E-state index contributed by atoms with van der Waals surface area (Å²) in [5, 5.41) is 2.85. The summed E-state index contributed by atoms with van der Waals surface area (Å²) in [5.41, 5.74) is -0.0869. The number of hydrogen-bond donors (Lipinski definition) is 2. The van der Waals surface area contributed by atoms with E-state index >= 15 is 0 Å². The third-order valence-electron chi connectivity index (χ3n) is 11.6. The van der Waals surface area contributed by atoms with Crippen LogP contribution in [0.1, 0.15) is 69.7 Å². The molecule has 7 rings (SSSR count). The van der Waals surface area contributed by atoms with Crippen molar-refractivity contribution >= 4 is 48.7 Å². The van der Waals surface area contributed by atoms with Gasteiger partial charge >= 0.3 is 5.51 Å². The highest BCUT2D eigenvalue weighted by atomic mass is 32.2. The molecule has 1 aromatic heterocycles. The second-order valence-corrected chi connectivity index (χ2v) is 21.2. The predicted octanol–water partition coefficient (Wildman–Crippen LogP) is 8.65. The van der Waals surface area contributed by atoms with Gasteiger partial charge in [0.1, 0.15) is 17.0 Å². The number of halogens is 3. The molecule has 16 heteroatoms. The molecule has 3 aromatic carbocycles. The molecule has 0 amide bonds. The minimum Gasteiger partial charge on any atom is -0.381 e. The highest BCUT2D eigenvalue weighted by molar-refractivity contribution is 7.99. The first-order valence-electron chi connectivity index (χ1n) is 20.0. The molecule has 316 valence electrons. The fraction of sp³-hybridized carbons (Fsp3) is 0.442. The molecule has 2 N–H and O–H groups in total. The maximum absolute atomic E-state index is 13.9. The molecule has 0 bridgehead atoms. The van der Waals surface area contributed by atoms with Gasteiger partial charge in [-0.3, -0.25) is 14.5 Å². The zero-order valence-corrected chi connectivity index (χ0v) is 36.0. The molecule has 0 saturated carbocycles. The normalized spacial score (nSPS) is 18.9. The molecule has 4 aromatic rings. The van der Waals surface area contributed by atoms with Gasteiger partial charge in [-0.25, -0.2) is 26.8 Å². The minimum absolute atomic E-state index is 0.0246. The molecule has 0 spiro atoms.